The molecule has 0 aliphatic rings. The Kier molecular flexibility index (Phi) is 5.25. The lowest BCUT2D eigenvalue weighted by Crippen LogP contribution is -2.20. The lowest BCUT2D eigenvalue weighted by atomic mass is 10.1. The van der Waals surface area contributed by atoms with Crippen LogP contribution < -0.4 is 15.7 Å². The van der Waals surface area contributed by atoms with Crippen molar-refractivity contribution in [2.45, 2.75) is 0 Å². The van der Waals surface area contributed by atoms with E-state index in [0.29, 0.717) is 27.6 Å². The first-order valence-corrected chi connectivity index (χ1v) is 9.32. The first kappa shape index (κ1) is 19.1. The third-order valence-electron chi connectivity index (χ3n) is 4.09. The molecule has 4 rings (SSSR count). The highest BCUT2D eigenvalue weighted by Crippen LogP contribution is 2.28. The van der Waals surface area contributed by atoms with Crippen molar-refractivity contribution >= 4 is 45.8 Å². The van der Waals surface area contributed by atoms with Crippen LogP contribution in [0.3, 0.4) is 0 Å². The molecule has 0 radical (unpaired) electrons. The highest BCUT2D eigenvalue weighted by molar-refractivity contribution is 6.38. The zero-order valence-corrected chi connectivity index (χ0v) is 16.3. The van der Waals surface area contributed by atoms with Gasteiger partial charge in [-0.3, -0.25) is 4.79 Å². The number of halogens is 2. The minimum absolute atomic E-state index is 0.152. The third kappa shape index (κ3) is 4.26. The maximum atomic E-state index is 12.6. The Hall–Kier alpha value is -3.28. The molecule has 144 valence electrons. The number of ether oxygens (including phenoxy) is 1. The molecule has 0 bridgehead atoms. The predicted molar refractivity (Wildman–Crippen MR) is 113 cm³/mol. The van der Waals surface area contributed by atoms with E-state index >= 15 is 0 Å². The highest BCUT2D eigenvalue weighted by Gasteiger charge is 2.16. The summed E-state index contributed by atoms with van der Waals surface area (Å²) < 4.78 is 10.9. The number of nitrogens with one attached hydrogen (secondary N) is 1. The Morgan fingerprint density at radius 1 is 0.897 bits per heavy atom. The summed E-state index contributed by atoms with van der Waals surface area (Å²) >= 11 is 12.0. The van der Waals surface area contributed by atoms with Crippen LogP contribution in [-0.4, -0.2) is 5.91 Å². The van der Waals surface area contributed by atoms with E-state index in [-0.39, 0.29) is 16.2 Å². The van der Waals surface area contributed by atoms with E-state index in [1.807, 2.05) is 30.3 Å². The second kappa shape index (κ2) is 7.99. The number of carbonyl (C=O) groups is 1. The first-order chi connectivity index (χ1) is 14.0. The van der Waals surface area contributed by atoms with Crippen molar-refractivity contribution in [1.29, 1.82) is 0 Å². The molecular formula is C22H13Cl2NO4. The van der Waals surface area contributed by atoms with E-state index in [2.05, 4.69) is 5.32 Å². The van der Waals surface area contributed by atoms with Gasteiger partial charge in [0.05, 0.1) is 5.02 Å². The number of amides is 1. The van der Waals surface area contributed by atoms with Crippen LogP contribution >= 0.6 is 23.2 Å². The van der Waals surface area contributed by atoms with Gasteiger partial charge in [0.2, 0.25) is 0 Å². The van der Waals surface area contributed by atoms with E-state index in [9.17, 15) is 9.59 Å². The summed E-state index contributed by atoms with van der Waals surface area (Å²) in [5.74, 6) is 0.715. The standard InChI is InChI=1S/C22H13Cl2NO4/c23-14-10-13-11-18(22(27)29-20(13)19(24)12-14)21(26)25-15-6-8-17(9-7-15)28-16-4-2-1-3-5-16/h1-12H,(H,25,26). The van der Waals surface area contributed by atoms with Crippen LogP contribution in [0.1, 0.15) is 10.4 Å². The molecule has 0 atom stereocenters. The fourth-order valence-corrected chi connectivity index (χ4v) is 3.29. The summed E-state index contributed by atoms with van der Waals surface area (Å²) in [4.78, 5) is 24.8. The molecule has 1 aromatic heterocycles. The van der Waals surface area contributed by atoms with Gasteiger partial charge >= 0.3 is 5.63 Å². The van der Waals surface area contributed by atoms with E-state index in [1.165, 1.54) is 12.1 Å². The van der Waals surface area contributed by atoms with Gasteiger partial charge in [0.1, 0.15) is 17.1 Å². The number of benzene rings is 3. The quantitative estimate of drug-likeness (QED) is 0.398. The van der Waals surface area contributed by atoms with Crippen LogP contribution in [0, 0.1) is 0 Å². The Bertz CT molecular complexity index is 1250. The van der Waals surface area contributed by atoms with Gasteiger partial charge in [0.15, 0.2) is 5.58 Å². The van der Waals surface area contributed by atoms with Gasteiger partial charge in [-0.15, -0.1) is 0 Å². The number of hydrogen-bond acceptors (Lipinski definition) is 4. The van der Waals surface area contributed by atoms with Crippen molar-refractivity contribution in [3.63, 3.8) is 0 Å². The van der Waals surface area contributed by atoms with E-state index < -0.39 is 11.5 Å². The number of carbonyl (C=O) groups excluding carboxylic acids is 1. The van der Waals surface area contributed by atoms with Crippen LogP contribution in [-0.2, 0) is 0 Å². The summed E-state index contributed by atoms with van der Waals surface area (Å²) in [6.07, 6.45) is 0. The van der Waals surface area contributed by atoms with Gasteiger partial charge < -0.3 is 14.5 Å². The molecule has 29 heavy (non-hydrogen) atoms. The van der Waals surface area contributed by atoms with E-state index in [1.54, 1.807) is 30.3 Å². The molecule has 7 heteroatoms. The zero-order valence-electron chi connectivity index (χ0n) is 14.8. The molecule has 4 aromatic rings. The molecule has 0 saturated carbocycles. The smallest absolute Gasteiger partial charge is 0.349 e. The molecule has 0 aliphatic heterocycles. The van der Waals surface area contributed by atoms with Crippen LogP contribution in [0.25, 0.3) is 11.0 Å². The number of fused-ring (bicyclic) bond motifs is 1. The second-order valence-corrected chi connectivity index (χ2v) is 6.99. The summed E-state index contributed by atoms with van der Waals surface area (Å²) in [7, 11) is 0. The SMILES string of the molecule is O=C(Nc1ccc(Oc2ccccc2)cc1)c1cc2cc(Cl)cc(Cl)c2oc1=O. The number of para-hydroxylation sites is 1. The molecule has 1 heterocycles. The van der Waals surface area contributed by atoms with E-state index in [4.69, 9.17) is 32.4 Å². The first-order valence-electron chi connectivity index (χ1n) is 8.57. The molecule has 0 spiro atoms. The third-order valence-corrected chi connectivity index (χ3v) is 4.59. The Labute approximate surface area is 175 Å². The van der Waals surface area contributed by atoms with Crippen molar-refractivity contribution in [3.8, 4) is 11.5 Å². The van der Waals surface area contributed by atoms with Crippen molar-refractivity contribution in [3.05, 3.63) is 98.8 Å². The number of anilines is 1. The highest BCUT2D eigenvalue weighted by atomic mass is 35.5. The van der Waals surface area contributed by atoms with Gasteiger partial charge in [-0.1, -0.05) is 41.4 Å². The number of hydrogen-bond donors (Lipinski definition) is 1. The van der Waals surface area contributed by atoms with Crippen LogP contribution in [0.5, 0.6) is 11.5 Å². The van der Waals surface area contributed by atoms with Crippen molar-refractivity contribution in [2.24, 2.45) is 0 Å². The topological polar surface area (TPSA) is 68.5 Å². The number of rotatable bonds is 4. The predicted octanol–water partition coefficient (Wildman–Crippen LogP) is 6.14. The minimum atomic E-state index is -0.789. The monoisotopic (exact) mass is 425 g/mol. The fourth-order valence-electron chi connectivity index (χ4n) is 2.74. The minimum Gasteiger partial charge on any atom is -0.457 e. The van der Waals surface area contributed by atoms with E-state index in [0.717, 1.165) is 0 Å². The molecule has 0 unspecified atom stereocenters. The van der Waals surface area contributed by atoms with Gasteiger partial charge in [-0.05, 0) is 54.6 Å². The summed E-state index contributed by atoms with van der Waals surface area (Å²) in [6, 6.07) is 20.5. The Balaban J connectivity index is 1.55. The second-order valence-electron chi connectivity index (χ2n) is 6.15. The summed E-state index contributed by atoms with van der Waals surface area (Å²) in [5, 5.41) is 3.69. The summed E-state index contributed by atoms with van der Waals surface area (Å²) in [6.45, 7) is 0. The molecule has 0 saturated heterocycles. The maximum Gasteiger partial charge on any atom is 0.349 e. The van der Waals surface area contributed by atoms with Crippen LogP contribution in [0.2, 0.25) is 10.0 Å². The molecule has 5 nitrogen and oxygen atoms in total. The summed E-state index contributed by atoms with van der Waals surface area (Å²) in [5.41, 5.74) is -0.261. The Morgan fingerprint density at radius 2 is 1.59 bits per heavy atom. The molecule has 0 aliphatic carbocycles. The average molecular weight is 426 g/mol. The average Bonchev–Trinajstić information content (AvgIpc) is 2.70. The zero-order chi connectivity index (χ0) is 20.4. The molecule has 0 fully saturated rings. The van der Waals surface area contributed by atoms with Gasteiger partial charge in [0, 0.05) is 16.1 Å². The molecule has 1 N–H and O–H groups in total. The van der Waals surface area contributed by atoms with Crippen LogP contribution in [0.4, 0.5) is 5.69 Å². The molecule has 1 amide bonds. The van der Waals surface area contributed by atoms with Crippen molar-refractivity contribution in [2.75, 3.05) is 5.32 Å². The molecular weight excluding hydrogens is 413 g/mol. The van der Waals surface area contributed by atoms with Gasteiger partial charge in [-0.2, -0.15) is 0 Å². The lowest BCUT2D eigenvalue weighted by molar-refractivity contribution is 0.102. The van der Waals surface area contributed by atoms with Crippen molar-refractivity contribution < 1.29 is 13.9 Å². The molecule has 3 aromatic carbocycles. The van der Waals surface area contributed by atoms with Gasteiger partial charge in [-0.25, -0.2) is 4.79 Å². The Morgan fingerprint density at radius 3 is 2.31 bits per heavy atom. The van der Waals surface area contributed by atoms with Gasteiger partial charge in [0.25, 0.3) is 5.91 Å². The lowest BCUT2D eigenvalue weighted by Gasteiger charge is -2.08. The fraction of sp³-hybridized carbons (Fsp3) is 0. The normalized spacial score (nSPS) is 10.7. The van der Waals surface area contributed by atoms with Crippen molar-refractivity contribution in [1.82, 2.24) is 0 Å². The largest absolute Gasteiger partial charge is 0.457 e. The maximum absolute atomic E-state index is 12.6. The van der Waals surface area contributed by atoms with Crippen LogP contribution in [0.15, 0.2) is 82.0 Å².